The van der Waals surface area contributed by atoms with Crippen LogP contribution in [0.2, 0.25) is 0 Å². The molecule has 0 radical (unpaired) electrons. The summed E-state index contributed by atoms with van der Waals surface area (Å²) in [6.07, 6.45) is 3.52. The van der Waals surface area contributed by atoms with Gasteiger partial charge in [-0.15, -0.1) is 0 Å². The second kappa shape index (κ2) is 10.0. The molecule has 22 heavy (non-hydrogen) atoms. The Bertz CT molecular complexity index is 486. The van der Waals surface area contributed by atoms with Crippen LogP contribution in [0.4, 0.5) is 0 Å². The number of carbonyl (C=O) groups excluding carboxylic acids is 2. The minimum absolute atomic E-state index is 0.321. The Hall–Kier alpha value is -0.880. The van der Waals surface area contributed by atoms with Gasteiger partial charge in [-0.2, -0.15) is 0 Å². The van der Waals surface area contributed by atoms with Crippen molar-refractivity contribution < 1.29 is 19.1 Å². The highest BCUT2D eigenvalue weighted by atomic mass is 79.9. The van der Waals surface area contributed by atoms with E-state index in [1.165, 1.54) is 6.07 Å². The number of ether oxygens (including phenoxy) is 2. The highest BCUT2D eigenvalue weighted by molar-refractivity contribution is 9.11. The first-order valence-corrected chi connectivity index (χ1v) is 8.93. The number of rotatable bonds is 8. The average Bonchev–Trinajstić information content (AvgIpc) is 2.47. The van der Waals surface area contributed by atoms with Crippen LogP contribution in [0.15, 0.2) is 21.1 Å². The van der Waals surface area contributed by atoms with Crippen molar-refractivity contribution in [2.45, 2.75) is 39.5 Å². The maximum Gasteiger partial charge on any atom is 0.339 e. The van der Waals surface area contributed by atoms with Gasteiger partial charge < -0.3 is 9.47 Å². The Morgan fingerprint density at radius 2 is 1.27 bits per heavy atom. The second-order valence-corrected chi connectivity index (χ2v) is 6.50. The Morgan fingerprint density at radius 3 is 1.64 bits per heavy atom. The van der Waals surface area contributed by atoms with E-state index >= 15 is 0 Å². The summed E-state index contributed by atoms with van der Waals surface area (Å²) in [5.74, 6) is -0.897. The highest BCUT2D eigenvalue weighted by Gasteiger charge is 2.19. The van der Waals surface area contributed by atoms with Gasteiger partial charge in [0.05, 0.1) is 24.3 Å². The number of unbranched alkanes of at least 4 members (excludes halogenated alkanes) is 2. The van der Waals surface area contributed by atoms with Crippen LogP contribution in [0.25, 0.3) is 0 Å². The summed E-state index contributed by atoms with van der Waals surface area (Å²) < 4.78 is 11.5. The molecule has 1 aromatic carbocycles. The van der Waals surface area contributed by atoms with Crippen molar-refractivity contribution in [3.05, 3.63) is 32.2 Å². The minimum Gasteiger partial charge on any atom is -0.462 e. The molecule has 4 nitrogen and oxygen atoms in total. The van der Waals surface area contributed by atoms with Gasteiger partial charge in [0.1, 0.15) is 0 Å². The van der Waals surface area contributed by atoms with Gasteiger partial charge >= 0.3 is 11.9 Å². The van der Waals surface area contributed by atoms with Gasteiger partial charge in [0.15, 0.2) is 0 Å². The van der Waals surface area contributed by atoms with Crippen molar-refractivity contribution in [1.82, 2.24) is 0 Å². The smallest absolute Gasteiger partial charge is 0.339 e. The molecule has 0 fully saturated rings. The molecular formula is C16H20Br2O4. The van der Waals surface area contributed by atoms with Crippen LogP contribution in [-0.4, -0.2) is 25.2 Å². The molecule has 0 aromatic heterocycles. The van der Waals surface area contributed by atoms with E-state index in [0.29, 0.717) is 33.3 Å². The van der Waals surface area contributed by atoms with Crippen LogP contribution >= 0.6 is 31.9 Å². The van der Waals surface area contributed by atoms with Crippen LogP contribution in [-0.2, 0) is 9.47 Å². The summed E-state index contributed by atoms with van der Waals surface area (Å²) in [4.78, 5) is 24.1. The third-order valence-corrected chi connectivity index (χ3v) is 4.27. The van der Waals surface area contributed by atoms with Crippen molar-refractivity contribution in [2.75, 3.05) is 13.2 Å². The largest absolute Gasteiger partial charge is 0.462 e. The number of halogens is 2. The van der Waals surface area contributed by atoms with Crippen LogP contribution < -0.4 is 0 Å². The van der Waals surface area contributed by atoms with Crippen molar-refractivity contribution in [3.8, 4) is 0 Å². The predicted octanol–water partition coefficient (Wildman–Crippen LogP) is 5.13. The molecule has 122 valence electrons. The number of esters is 2. The normalized spacial score (nSPS) is 10.4. The van der Waals surface area contributed by atoms with E-state index in [2.05, 4.69) is 31.9 Å². The monoisotopic (exact) mass is 434 g/mol. The van der Waals surface area contributed by atoms with Gasteiger partial charge in [0.25, 0.3) is 0 Å². The molecule has 0 aliphatic heterocycles. The van der Waals surface area contributed by atoms with Gasteiger partial charge in [-0.05, 0) is 56.8 Å². The van der Waals surface area contributed by atoms with E-state index in [0.717, 1.165) is 25.7 Å². The van der Waals surface area contributed by atoms with Crippen molar-refractivity contribution in [3.63, 3.8) is 0 Å². The molecule has 6 heteroatoms. The molecule has 0 spiro atoms. The number of benzene rings is 1. The Balaban J connectivity index is 2.89. The standard InChI is InChI=1S/C16H20Br2O4/c1-3-5-7-21-15(19)11-9-12(14(18)10-13(11)17)16(20)22-8-6-4-2/h9-10H,3-8H2,1-2H3. The van der Waals surface area contributed by atoms with E-state index in [1.54, 1.807) is 6.07 Å². The lowest BCUT2D eigenvalue weighted by Crippen LogP contribution is -2.12. The first kappa shape index (κ1) is 19.2. The van der Waals surface area contributed by atoms with E-state index in [1.807, 2.05) is 13.8 Å². The molecule has 0 bridgehead atoms. The van der Waals surface area contributed by atoms with Crippen LogP contribution in [0.5, 0.6) is 0 Å². The molecule has 1 rings (SSSR count). The van der Waals surface area contributed by atoms with E-state index in [-0.39, 0.29) is 0 Å². The summed E-state index contributed by atoms with van der Waals surface area (Å²) in [6.45, 7) is 4.78. The number of hydrogen-bond donors (Lipinski definition) is 0. The SMILES string of the molecule is CCCCOC(=O)c1cc(C(=O)OCCCC)c(Br)cc1Br. The third kappa shape index (κ3) is 5.72. The fourth-order valence-electron chi connectivity index (χ4n) is 1.64. The molecule has 1 aromatic rings. The molecule has 0 saturated carbocycles. The molecular weight excluding hydrogens is 416 g/mol. The first-order valence-electron chi connectivity index (χ1n) is 7.34. The highest BCUT2D eigenvalue weighted by Crippen LogP contribution is 2.27. The zero-order valence-corrected chi connectivity index (χ0v) is 16.0. The first-order chi connectivity index (χ1) is 10.5. The van der Waals surface area contributed by atoms with Gasteiger partial charge in [-0.25, -0.2) is 9.59 Å². The third-order valence-electron chi connectivity index (χ3n) is 2.96. The average molecular weight is 436 g/mol. The molecule has 0 atom stereocenters. The Labute approximate surface area is 147 Å². The zero-order valence-electron chi connectivity index (χ0n) is 12.8. The Kier molecular flexibility index (Phi) is 8.71. The number of hydrogen-bond acceptors (Lipinski definition) is 4. The molecule has 0 unspecified atom stereocenters. The molecule has 0 aliphatic rings. The molecule has 0 amide bonds. The zero-order chi connectivity index (χ0) is 16.5. The molecule has 0 N–H and O–H groups in total. The number of carbonyl (C=O) groups is 2. The lowest BCUT2D eigenvalue weighted by molar-refractivity contribution is 0.0497. The summed E-state index contributed by atoms with van der Waals surface area (Å²) in [5, 5.41) is 0. The fraction of sp³-hybridized carbons (Fsp3) is 0.500. The van der Waals surface area contributed by atoms with Crippen molar-refractivity contribution in [1.29, 1.82) is 0 Å². The van der Waals surface area contributed by atoms with Crippen molar-refractivity contribution in [2.24, 2.45) is 0 Å². The Morgan fingerprint density at radius 1 is 0.864 bits per heavy atom. The van der Waals surface area contributed by atoms with Gasteiger partial charge in [-0.3, -0.25) is 0 Å². The topological polar surface area (TPSA) is 52.6 Å². The lowest BCUT2D eigenvalue weighted by atomic mass is 10.1. The summed E-state index contributed by atoms with van der Waals surface area (Å²) in [5.41, 5.74) is 0.642. The minimum atomic E-state index is -0.449. The van der Waals surface area contributed by atoms with Crippen LogP contribution in [0, 0.1) is 0 Å². The van der Waals surface area contributed by atoms with Gasteiger partial charge in [0.2, 0.25) is 0 Å². The van der Waals surface area contributed by atoms with Crippen molar-refractivity contribution >= 4 is 43.8 Å². The summed E-state index contributed by atoms with van der Waals surface area (Å²) >= 11 is 6.64. The maximum atomic E-state index is 12.1. The van der Waals surface area contributed by atoms with Gasteiger partial charge in [0, 0.05) is 8.95 Å². The van der Waals surface area contributed by atoms with Crippen LogP contribution in [0.1, 0.15) is 60.2 Å². The van der Waals surface area contributed by atoms with Crippen LogP contribution in [0.3, 0.4) is 0 Å². The van der Waals surface area contributed by atoms with E-state index < -0.39 is 11.9 Å². The molecule has 0 heterocycles. The predicted molar refractivity (Wildman–Crippen MR) is 92.2 cm³/mol. The summed E-state index contributed by atoms with van der Waals surface area (Å²) in [6, 6.07) is 3.16. The lowest BCUT2D eigenvalue weighted by Gasteiger charge is -2.10. The molecule has 0 aliphatic carbocycles. The molecule has 0 saturated heterocycles. The van der Waals surface area contributed by atoms with E-state index in [4.69, 9.17) is 9.47 Å². The van der Waals surface area contributed by atoms with Gasteiger partial charge in [-0.1, -0.05) is 26.7 Å². The summed E-state index contributed by atoms with van der Waals surface area (Å²) in [7, 11) is 0. The maximum absolute atomic E-state index is 12.1. The fourth-order valence-corrected chi connectivity index (χ4v) is 2.95. The second-order valence-electron chi connectivity index (χ2n) is 4.79. The quantitative estimate of drug-likeness (QED) is 0.419. The van der Waals surface area contributed by atoms with E-state index in [9.17, 15) is 9.59 Å².